The summed E-state index contributed by atoms with van der Waals surface area (Å²) in [6.45, 7) is 10.4. The van der Waals surface area contributed by atoms with E-state index in [2.05, 4.69) is 37.4 Å². The average Bonchev–Trinajstić information content (AvgIpc) is 2.18. The molecule has 0 amide bonds. The van der Waals surface area contributed by atoms with E-state index < -0.39 is 0 Å². The molecular weight excluding hydrogens is 194 g/mol. The Kier molecular flexibility index (Phi) is 4.74. The summed E-state index contributed by atoms with van der Waals surface area (Å²) in [5.41, 5.74) is 0.0989. The van der Waals surface area contributed by atoms with Crippen LogP contribution in [0.1, 0.15) is 27.2 Å². The summed E-state index contributed by atoms with van der Waals surface area (Å²) in [5, 5.41) is 10.1. The summed E-state index contributed by atoms with van der Waals surface area (Å²) < 4.78 is 0. The predicted molar refractivity (Wildman–Crippen MR) is 63.8 cm³/mol. The molecule has 1 fully saturated rings. The highest BCUT2D eigenvalue weighted by molar-refractivity contribution is 7.99. The number of rotatable bonds is 4. The molecule has 0 spiro atoms. The Balaban J connectivity index is 2.41. The monoisotopic (exact) mass is 217 g/mol. The molecule has 2 nitrogen and oxygen atoms in total. The first kappa shape index (κ1) is 12.3. The SMILES string of the molecule is CCC(C)(CO)CN1CCSC(C)C1. The maximum atomic E-state index is 9.35. The van der Waals surface area contributed by atoms with E-state index in [1.165, 1.54) is 18.8 Å². The third-order valence-corrected chi connectivity index (χ3v) is 4.30. The maximum absolute atomic E-state index is 9.35. The molecule has 2 atom stereocenters. The highest BCUT2D eigenvalue weighted by Crippen LogP contribution is 2.25. The highest BCUT2D eigenvalue weighted by Gasteiger charge is 2.26. The standard InChI is InChI=1S/C11H23NOS/c1-4-11(3,9-13)8-12-5-6-14-10(2)7-12/h10,13H,4-9H2,1-3H3. The van der Waals surface area contributed by atoms with Gasteiger partial charge < -0.3 is 10.0 Å². The second-order valence-electron chi connectivity index (χ2n) is 4.74. The second-order valence-corrected chi connectivity index (χ2v) is 6.29. The van der Waals surface area contributed by atoms with Gasteiger partial charge in [-0.3, -0.25) is 0 Å². The fourth-order valence-electron chi connectivity index (χ4n) is 1.85. The van der Waals surface area contributed by atoms with Gasteiger partial charge in [0.1, 0.15) is 0 Å². The third kappa shape index (κ3) is 3.44. The quantitative estimate of drug-likeness (QED) is 0.777. The Hall–Kier alpha value is 0.270. The summed E-state index contributed by atoms with van der Waals surface area (Å²) >= 11 is 2.06. The van der Waals surface area contributed by atoms with Crippen LogP contribution in [0.2, 0.25) is 0 Å². The van der Waals surface area contributed by atoms with Crippen LogP contribution in [0.3, 0.4) is 0 Å². The summed E-state index contributed by atoms with van der Waals surface area (Å²) in [6, 6.07) is 0. The van der Waals surface area contributed by atoms with E-state index >= 15 is 0 Å². The van der Waals surface area contributed by atoms with Crippen molar-refractivity contribution in [1.82, 2.24) is 4.90 Å². The lowest BCUT2D eigenvalue weighted by Gasteiger charge is -2.37. The zero-order valence-electron chi connectivity index (χ0n) is 9.62. The Bertz CT molecular complexity index is 171. The minimum Gasteiger partial charge on any atom is -0.396 e. The van der Waals surface area contributed by atoms with Crippen LogP contribution < -0.4 is 0 Å². The summed E-state index contributed by atoms with van der Waals surface area (Å²) in [5.74, 6) is 1.24. The van der Waals surface area contributed by atoms with E-state index in [0.29, 0.717) is 6.61 Å². The minimum atomic E-state index is 0.0989. The summed E-state index contributed by atoms with van der Waals surface area (Å²) in [4.78, 5) is 2.50. The lowest BCUT2D eigenvalue weighted by molar-refractivity contribution is 0.0865. The van der Waals surface area contributed by atoms with Crippen molar-refractivity contribution in [2.24, 2.45) is 5.41 Å². The van der Waals surface area contributed by atoms with Gasteiger partial charge in [0.2, 0.25) is 0 Å². The first-order chi connectivity index (χ1) is 6.59. The summed E-state index contributed by atoms with van der Waals surface area (Å²) in [7, 11) is 0. The minimum absolute atomic E-state index is 0.0989. The first-order valence-corrected chi connectivity index (χ1v) is 6.59. The van der Waals surface area contributed by atoms with Gasteiger partial charge in [-0.25, -0.2) is 0 Å². The van der Waals surface area contributed by atoms with Crippen LogP contribution in [0.25, 0.3) is 0 Å². The Morgan fingerprint density at radius 3 is 2.79 bits per heavy atom. The number of nitrogens with zero attached hydrogens (tertiary/aromatic N) is 1. The average molecular weight is 217 g/mol. The van der Waals surface area contributed by atoms with Gasteiger partial charge in [0.05, 0.1) is 0 Å². The van der Waals surface area contributed by atoms with Crippen LogP contribution in [0.15, 0.2) is 0 Å². The van der Waals surface area contributed by atoms with Crippen molar-refractivity contribution in [1.29, 1.82) is 0 Å². The molecule has 1 N–H and O–H groups in total. The van der Waals surface area contributed by atoms with Crippen LogP contribution >= 0.6 is 11.8 Å². The van der Waals surface area contributed by atoms with Gasteiger partial charge in [0, 0.05) is 42.7 Å². The van der Waals surface area contributed by atoms with E-state index in [9.17, 15) is 5.11 Å². The van der Waals surface area contributed by atoms with Crippen molar-refractivity contribution < 1.29 is 5.11 Å². The largest absolute Gasteiger partial charge is 0.396 e. The Morgan fingerprint density at radius 1 is 1.57 bits per heavy atom. The van der Waals surface area contributed by atoms with Gasteiger partial charge in [-0.15, -0.1) is 0 Å². The van der Waals surface area contributed by atoms with Crippen molar-refractivity contribution in [3.8, 4) is 0 Å². The number of hydrogen-bond acceptors (Lipinski definition) is 3. The molecule has 84 valence electrons. The van der Waals surface area contributed by atoms with E-state index in [1.54, 1.807) is 0 Å². The third-order valence-electron chi connectivity index (χ3n) is 3.17. The van der Waals surface area contributed by atoms with E-state index in [-0.39, 0.29) is 5.41 Å². The van der Waals surface area contributed by atoms with Crippen LogP contribution in [-0.2, 0) is 0 Å². The lowest BCUT2D eigenvalue weighted by atomic mass is 9.88. The van der Waals surface area contributed by atoms with Crippen LogP contribution in [0.5, 0.6) is 0 Å². The van der Waals surface area contributed by atoms with Crippen LogP contribution in [0, 0.1) is 5.41 Å². The molecule has 0 aromatic heterocycles. The molecule has 0 aromatic carbocycles. The molecule has 0 radical (unpaired) electrons. The van der Waals surface area contributed by atoms with Gasteiger partial charge in [-0.1, -0.05) is 20.8 Å². The Morgan fingerprint density at radius 2 is 2.29 bits per heavy atom. The van der Waals surface area contributed by atoms with Crippen LogP contribution in [-0.4, -0.2) is 47.3 Å². The molecule has 0 aromatic rings. The van der Waals surface area contributed by atoms with E-state index in [4.69, 9.17) is 0 Å². The van der Waals surface area contributed by atoms with Crippen molar-refractivity contribution in [3.63, 3.8) is 0 Å². The van der Waals surface area contributed by atoms with Gasteiger partial charge in [-0.05, 0) is 6.42 Å². The summed E-state index contributed by atoms with van der Waals surface area (Å²) in [6.07, 6.45) is 1.06. The topological polar surface area (TPSA) is 23.5 Å². The van der Waals surface area contributed by atoms with Gasteiger partial charge in [0.15, 0.2) is 0 Å². The number of aliphatic hydroxyl groups is 1. The zero-order valence-corrected chi connectivity index (χ0v) is 10.4. The molecule has 14 heavy (non-hydrogen) atoms. The second kappa shape index (κ2) is 5.38. The number of hydrogen-bond donors (Lipinski definition) is 1. The van der Waals surface area contributed by atoms with Gasteiger partial charge >= 0.3 is 0 Å². The molecule has 1 aliphatic heterocycles. The van der Waals surface area contributed by atoms with Gasteiger partial charge in [-0.2, -0.15) is 11.8 Å². The molecule has 1 heterocycles. The number of aliphatic hydroxyl groups excluding tert-OH is 1. The fraction of sp³-hybridized carbons (Fsp3) is 1.00. The maximum Gasteiger partial charge on any atom is 0.0496 e. The molecular formula is C11H23NOS. The molecule has 1 rings (SSSR count). The van der Waals surface area contributed by atoms with Crippen molar-refractivity contribution in [2.45, 2.75) is 32.4 Å². The Labute approximate surface area is 92.1 Å². The molecule has 0 saturated carbocycles. The molecule has 1 saturated heterocycles. The molecule has 2 unspecified atom stereocenters. The number of thioether (sulfide) groups is 1. The smallest absolute Gasteiger partial charge is 0.0496 e. The first-order valence-electron chi connectivity index (χ1n) is 5.54. The van der Waals surface area contributed by atoms with Crippen molar-refractivity contribution in [3.05, 3.63) is 0 Å². The zero-order chi connectivity index (χ0) is 10.6. The van der Waals surface area contributed by atoms with Crippen molar-refractivity contribution >= 4 is 11.8 Å². The normalized spacial score (nSPS) is 28.7. The fourth-order valence-corrected chi connectivity index (χ4v) is 2.93. The van der Waals surface area contributed by atoms with Crippen LogP contribution in [0.4, 0.5) is 0 Å². The van der Waals surface area contributed by atoms with Gasteiger partial charge in [0.25, 0.3) is 0 Å². The molecule has 0 aliphatic carbocycles. The van der Waals surface area contributed by atoms with E-state index in [1.807, 2.05) is 0 Å². The molecule has 3 heteroatoms. The lowest BCUT2D eigenvalue weighted by Crippen LogP contribution is -2.44. The molecule has 1 aliphatic rings. The van der Waals surface area contributed by atoms with Crippen molar-refractivity contribution in [2.75, 3.05) is 32.0 Å². The van der Waals surface area contributed by atoms with E-state index in [0.717, 1.165) is 18.2 Å². The molecule has 0 bridgehead atoms. The highest BCUT2D eigenvalue weighted by atomic mass is 32.2. The predicted octanol–water partition coefficient (Wildman–Crippen LogP) is 1.83.